The van der Waals surface area contributed by atoms with E-state index < -0.39 is 0 Å². The van der Waals surface area contributed by atoms with E-state index >= 15 is 0 Å². The van der Waals surface area contributed by atoms with Crippen LogP contribution in [0.5, 0.6) is 0 Å². The third kappa shape index (κ3) is 4.25. The van der Waals surface area contributed by atoms with Gasteiger partial charge < -0.3 is 0 Å². The topological polar surface area (TPSA) is 33.4 Å². The third-order valence-corrected chi connectivity index (χ3v) is 6.53. The lowest BCUT2D eigenvalue weighted by molar-refractivity contribution is 0.709. The Balaban J connectivity index is 1.50. The zero-order valence-electron chi connectivity index (χ0n) is 19.0. The monoisotopic (exact) mass is 474 g/mol. The lowest BCUT2D eigenvalue weighted by atomic mass is 9.96. The number of benzene rings is 4. The number of nitrogens with zero attached hydrogens (tertiary/aromatic N) is 4. The number of aromatic nitrogens is 2. The maximum atomic E-state index is 6.21. The van der Waals surface area contributed by atoms with Gasteiger partial charge in [-0.15, -0.1) is 0 Å². The molecule has 1 aliphatic heterocycles. The van der Waals surface area contributed by atoms with Gasteiger partial charge in [-0.3, -0.25) is 5.01 Å². The summed E-state index contributed by atoms with van der Waals surface area (Å²) in [4.78, 5) is 0. The van der Waals surface area contributed by atoms with Crippen molar-refractivity contribution >= 4 is 23.0 Å². The highest BCUT2D eigenvalue weighted by Gasteiger charge is 2.33. The largest absolute Gasteiger partial charge is 0.257 e. The molecule has 5 aromatic rings. The first kappa shape index (κ1) is 21.4. The minimum atomic E-state index is -0.00394. The van der Waals surface area contributed by atoms with Gasteiger partial charge in [-0.05, 0) is 42.0 Å². The predicted molar refractivity (Wildman–Crippen MR) is 143 cm³/mol. The molecule has 1 aromatic heterocycles. The second-order valence-electron chi connectivity index (χ2n) is 8.53. The highest BCUT2D eigenvalue weighted by Crippen LogP contribution is 2.40. The number of hydrogen-bond donors (Lipinski definition) is 0. The Bertz CT molecular complexity index is 1460. The van der Waals surface area contributed by atoms with E-state index in [1.54, 1.807) is 0 Å². The highest BCUT2D eigenvalue weighted by atomic mass is 35.5. The summed E-state index contributed by atoms with van der Waals surface area (Å²) < 4.78 is 1.96. The first-order chi connectivity index (χ1) is 17.3. The average molecular weight is 475 g/mol. The summed E-state index contributed by atoms with van der Waals surface area (Å²) in [5, 5.41) is 13.0. The maximum Gasteiger partial charge on any atom is 0.0981 e. The number of para-hydroxylation sites is 2. The first-order valence-electron chi connectivity index (χ1n) is 11.6. The molecule has 2 heterocycles. The average Bonchev–Trinajstić information content (AvgIpc) is 3.56. The summed E-state index contributed by atoms with van der Waals surface area (Å²) in [6.07, 6.45) is 2.92. The fourth-order valence-electron chi connectivity index (χ4n) is 4.55. The molecule has 0 fully saturated rings. The molecule has 0 spiro atoms. The van der Waals surface area contributed by atoms with Crippen molar-refractivity contribution < 1.29 is 0 Å². The van der Waals surface area contributed by atoms with E-state index in [0.29, 0.717) is 5.02 Å². The van der Waals surface area contributed by atoms with Gasteiger partial charge in [-0.25, -0.2) is 4.68 Å². The first-order valence-corrected chi connectivity index (χ1v) is 12.0. The molecule has 0 N–H and O–H groups in total. The predicted octanol–water partition coefficient (Wildman–Crippen LogP) is 7.55. The number of hydrogen-bond acceptors (Lipinski definition) is 3. The van der Waals surface area contributed by atoms with Gasteiger partial charge in [0.2, 0.25) is 0 Å². The van der Waals surface area contributed by atoms with Crippen LogP contribution >= 0.6 is 11.6 Å². The maximum absolute atomic E-state index is 6.21. The Labute approximate surface area is 209 Å². The smallest absolute Gasteiger partial charge is 0.0981 e. The Hall–Kier alpha value is -4.15. The summed E-state index contributed by atoms with van der Waals surface area (Å²) >= 11 is 6.21. The molecule has 0 saturated heterocycles. The van der Waals surface area contributed by atoms with E-state index in [1.165, 1.54) is 0 Å². The van der Waals surface area contributed by atoms with Gasteiger partial charge in [-0.2, -0.15) is 10.2 Å². The van der Waals surface area contributed by atoms with Crippen molar-refractivity contribution in [3.8, 4) is 16.9 Å². The number of hydrazone groups is 1. The van der Waals surface area contributed by atoms with Crippen LogP contribution < -0.4 is 5.01 Å². The molecule has 170 valence electrons. The van der Waals surface area contributed by atoms with Crippen LogP contribution in [-0.4, -0.2) is 15.5 Å². The van der Waals surface area contributed by atoms with Crippen LogP contribution in [0, 0.1) is 0 Å². The van der Waals surface area contributed by atoms with Crippen LogP contribution in [0.25, 0.3) is 16.9 Å². The third-order valence-electron chi connectivity index (χ3n) is 6.28. The Kier molecular flexibility index (Phi) is 5.65. The summed E-state index contributed by atoms with van der Waals surface area (Å²) in [5.74, 6) is 0. The fourth-order valence-corrected chi connectivity index (χ4v) is 4.68. The molecule has 35 heavy (non-hydrogen) atoms. The quantitative estimate of drug-likeness (QED) is 0.263. The van der Waals surface area contributed by atoms with Crippen LogP contribution in [0.1, 0.15) is 23.6 Å². The van der Waals surface area contributed by atoms with E-state index in [2.05, 4.69) is 71.9 Å². The van der Waals surface area contributed by atoms with E-state index in [4.69, 9.17) is 21.8 Å². The molecule has 0 bridgehead atoms. The van der Waals surface area contributed by atoms with Crippen molar-refractivity contribution in [3.05, 3.63) is 138 Å². The van der Waals surface area contributed by atoms with Crippen LogP contribution in [-0.2, 0) is 0 Å². The molecular weight excluding hydrogens is 452 g/mol. The van der Waals surface area contributed by atoms with Crippen LogP contribution in [0.4, 0.5) is 5.69 Å². The van der Waals surface area contributed by atoms with Crippen molar-refractivity contribution in [2.45, 2.75) is 12.5 Å². The summed E-state index contributed by atoms with van der Waals surface area (Å²) in [6, 6.07) is 38.8. The van der Waals surface area contributed by atoms with Gasteiger partial charge in [0.05, 0.1) is 28.8 Å². The molecular formula is C30H23ClN4. The zero-order chi connectivity index (χ0) is 23.6. The number of halogens is 1. The van der Waals surface area contributed by atoms with Gasteiger partial charge in [-0.1, -0.05) is 90.5 Å². The zero-order valence-corrected chi connectivity index (χ0v) is 19.8. The lowest BCUT2D eigenvalue weighted by Gasteiger charge is -2.23. The Morgan fingerprint density at radius 1 is 0.657 bits per heavy atom. The minimum absolute atomic E-state index is 0.00394. The molecule has 5 heteroatoms. The van der Waals surface area contributed by atoms with Crippen LogP contribution in [0.15, 0.2) is 127 Å². The molecule has 0 saturated carbocycles. The Morgan fingerprint density at radius 3 is 1.91 bits per heavy atom. The van der Waals surface area contributed by atoms with Crippen LogP contribution in [0.2, 0.25) is 5.02 Å². The molecule has 1 aliphatic rings. The van der Waals surface area contributed by atoms with Gasteiger partial charge in [0.15, 0.2) is 0 Å². The molecule has 4 aromatic carbocycles. The SMILES string of the molecule is Clc1ccc(-c2nn(-c3ccccc3)cc2C2CC(c3ccccc3)=NN2c2ccccc2)cc1. The minimum Gasteiger partial charge on any atom is -0.257 e. The number of rotatable bonds is 5. The van der Waals surface area contributed by atoms with E-state index in [0.717, 1.165) is 45.9 Å². The van der Waals surface area contributed by atoms with Gasteiger partial charge >= 0.3 is 0 Å². The summed E-state index contributed by atoms with van der Waals surface area (Å²) in [7, 11) is 0. The van der Waals surface area contributed by atoms with Crippen molar-refractivity contribution in [2.24, 2.45) is 5.10 Å². The normalized spacial score (nSPS) is 15.3. The highest BCUT2D eigenvalue weighted by molar-refractivity contribution is 6.30. The van der Waals surface area contributed by atoms with Crippen molar-refractivity contribution in [1.29, 1.82) is 0 Å². The second kappa shape index (κ2) is 9.24. The fraction of sp³-hybridized carbons (Fsp3) is 0.0667. The standard InChI is InChI=1S/C30H23ClN4/c31-24-18-16-23(17-19-24)30-27(21-34(33-30)25-12-6-2-7-13-25)29-20-28(22-10-4-1-5-11-22)32-35(29)26-14-8-3-9-15-26/h1-19,21,29H,20H2. The molecule has 0 amide bonds. The molecule has 0 aliphatic carbocycles. The van der Waals surface area contributed by atoms with Crippen molar-refractivity contribution in [2.75, 3.05) is 5.01 Å². The second-order valence-corrected chi connectivity index (χ2v) is 8.97. The van der Waals surface area contributed by atoms with Crippen molar-refractivity contribution in [1.82, 2.24) is 9.78 Å². The number of anilines is 1. The molecule has 4 nitrogen and oxygen atoms in total. The molecule has 1 atom stereocenters. The van der Waals surface area contributed by atoms with Gasteiger partial charge in [0, 0.05) is 28.8 Å². The molecule has 1 unspecified atom stereocenters. The van der Waals surface area contributed by atoms with E-state index in [1.807, 2.05) is 59.3 Å². The summed E-state index contributed by atoms with van der Waals surface area (Å²) in [6.45, 7) is 0. The Morgan fingerprint density at radius 2 is 1.26 bits per heavy atom. The lowest BCUT2D eigenvalue weighted by Crippen LogP contribution is -2.18. The summed E-state index contributed by atoms with van der Waals surface area (Å²) in [5.41, 5.74) is 7.35. The van der Waals surface area contributed by atoms with Gasteiger partial charge in [0.1, 0.15) is 0 Å². The van der Waals surface area contributed by atoms with Crippen molar-refractivity contribution in [3.63, 3.8) is 0 Å². The van der Waals surface area contributed by atoms with E-state index in [-0.39, 0.29) is 6.04 Å². The van der Waals surface area contributed by atoms with E-state index in [9.17, 15) is 0 Å². The molecule has 0 radical (unpaired) electrons. The molecule has 6 rings (SSSR count). The van der Waals surface area contributed by atoms with Crippen LogP contribution in [0.3, 0.4) is 0 Å². The van der Waals surface area contributed by atoms with Gasteiger partial charge in [0.25, 0.3) is 0 Å².